The van der Waals surface area contributed by atoms with Gasteiger partial charge in [-0.3, -0.25) is 4.68 Å². The number of aromatic nitrogens is 2. The van der Waals surface area contributed by atoms with Crippen LogP contribution in [0.5, 0.6) is 5.75 Å². The molecule has 2 N–H and O–H groups in total. The summed E-state index contributed by atoms with van der Waals surface area (Å²) in [5.41, 5.74) is 0.411. The number of nitrogens with zero attached hydrogens (tertiary/aromatic N) is 2. The molecule has 0 saturated carbocycles. The summed E-state index contributed by atoms with van der Waals surface area (Å²) in [5.74, 6) is -1.74. The van der Waals surface area contributed by atoms with Crippen molar-refractivity contribution >= 4 is 16.0 Å². The number of carboxylic acids is 1. The fraction of sp³-hybridized carbons (Fsp3) is 0.286. The molecule has 0 aliphatic heterocycles. The number of hydrogen-bond donors (Lipinski definition) is 2. The van der Waals surface area contributed by atoms with Gasteiger partial charge in [-0.25, -0.2) is 22.3 Å². The van der Waals surface area contributed by atoms with Crippen LogP contribution in [0, 0.1) is 12.7 Å². The standard InChI is InChI=1S/C14H16FN3O5S/c1-9-13(8-16-18(9)2)24(21,22)17-7-12(14(19)20)23-11-5-3-10(15)4-6-11/h3-6,8,12,17H,7H2,1-2H3,(H,19,20). The second-order valence-corrected chi connectivity index (χ2v) is 6.70. The van der Waals surface area contributed by atoms with Crippen LogP contribution in [0.1, 0.15) is 5.69 Å². The first-order valence-electron chi connectivity index (χ1n) is 6.84. The molecule has 0 aliphatic carbocycles. The van der Waals surface area contributed by atoms with E-state index < -0.39 is 34.5 Å². The minimum absolute atomic E-state index is 0.0454. The number of carbonyl (C=O) groups is 1. The van der Waals surface area contributed by atoms with Crippen molar-refractivity contribution in [2.24, 2.45) is 7.05 Å². The molecule has 1 atom stereocenters. The van der Waals surface area contributed by atoms with Crippen LogP contribution in [0.25, 0.3) is 0 Å². The number of rotatable bonds is 7. The molecular formula is C14H16FN3O5S. The second kappa shape index (κ2) is 6.97. The van der Waals surface area contributed by atoms with Gasteiger partial charge in [-0.1, -0.05) is 0 Å². The van der Waals surface area contributed by atoms with Gasteiger partial charge in [0.1, 0.15) is 16.5 Å². The van der Waals surface area contributed by atoms with Gasteiger partial charge >= 0.3 is 5.97 Å². The van der Waals surface area contributed by atoms with Crippen molar-refractivity contribution in [3.8, 4) is 5.75 Å². The predicted molar refractivity (Wildman–Crippen MR) is 81.6 cm³/mol. The lowest BCUT2D eigenvalue weighted by Crippen LogP contribution is -2.40. The summed E-state index contributed by atoms with van der Waals surface area (Å²) < 4.78 is 46.1. The summed E-state index contributed by atoms with van der Waals surface area (Å²) in [6.07, 6.45) is -0.295. The SMILES string of the molecule is Cc1c(S(=O)(=O)NCC(Oc2ccc(F)cc2)C(=O)O)cnn1C. The number of aryl methyl sites for hydroxylation is 1. The number of halogens is 1. The summed E-state index contributed by atoms with van der Waals surface area (Å²) in [7, 11) is -2.35. The van der Waals surface area contributed by atoms with Gasteiger partial charge in [0.15, 0.2) is 0 Å². The molecule has 8 nitrogen and oxygen atoms in total. The first-order valence-corrected chi connectivity index (χ1v) is 8.32. The van der Waals surface area contributed by atoms with Crippen LogP contribution in [0.4, 0.5) is 4.39 Å². The molecule has 2 aromatic rings. The summed E-state index contributed by atoms with van der Waals surface area (Å²) in [5, 5.41) is 13.0. The molecule has 1 aromatic carbocycles. The van der Waals surface area contributed by atoms with Crippen LogP contribution in [0.15, 0.2) is 35.4 Å². The van der Waals surface area contributed by atoms with Gasteiger partial charge in [0, 0.05) is 7.05 Å². The molecule has 0 fully saturated rings. The zero-order valence-electron chi connectivity index (χ0n) is 12.9. The van der Waals surface area contributed by atoms with E-state index in [0.29, 0.717) is 5.69 Å². The van der Waals surface area contributed by atoms with Crippen molar-refractivity contribution in [2.45, 2.75) is 17.9 Å². The van der Waals surface area contributed by atoms with E-state index in [-0.39, 0.29) is 10.6 Å². The van der Waals surface area contributed by atoms with E-state index in [0.717, 1.165) is 12.1 Å². The third kappa shape index (κ3) is 4.09. The van der Waals surface area contributed by atoms with Crippen molar-refractivity contribution in [3.63, 3.8) is 0 Å². The Balaban J connectivity index is 2.09. The van der Waals surface area contributed by atoms with Crippen molar-refractivity contribution in [1.82, 2.24) is 14.5 Å². The summed E-state index contributed by atoms with van der Waals surface area (Å²) in [4.78, 5) is 11.2. The molecule has 2 rings (SSSR count). The van der Waals surface area contributed by atoms with E-state index in [1.54, 1.807) is 14.0 Å². The molecule has 0 amide bonds. The number of ether oxygens (including phenoxy) is 1. The van der Waals surface area contributed by atoms with Gasteiger partial charge < -0.3 is 9.84 Å². The van der Waals surface area contributed by atoms with Gasteiger partial charge in [-0.2, -0.15) is 5.10 Å². The van der Waals surface area contributed by atoms with Crippen LogP contribution in [0.3, 0.4) is 0 Å². The molecule has 24 heavy (non-hydrogen) atoms. The molecule has 0 aliphatic rings. The molecule has 1 heterocycles. The third-order valence-electron chi connectivity index (χ3n) is 3.31. The first-order chi connectivity index (χ1) is 11.2. The Bertz CT molecular complexity index is 833. The lowest BCUT2D eigenvalue weighted by molar-refractivity contribution is -0.144. The van der Waals surface area contributed by atoms with Crippen molar-refractivity contribution in [2.75, 3.05) is 6.54 Å². The maximum Gasteiger partial charge on any atom is 0.346 e. The number of sulfonamides is 1. The van der Waals surface area contributed by atoms with E-state index in [2.05, 4.69) is 9.82 Å². The Labute approximate surface area is 137 Å². The Hall–Kier alpha value is -2.46. The van der Waals surface area contributed by atoms with E-state index in [4.69, 9.17) is 9.84 Å². The highest BCUT2D eigenvalue weighted by atomic mass is 32.2. The van der Waals surface area contributed by atoms with E-state index in [1.807, 2.05) is 0 Å². The van der Waals surface area contributed by atoms with Gasteiger partial charge in [-0.15, -0.1) is 0 Å². The lowest BCUT2D eigenvalue weighted by Gasteiger charge is -2.16. The zero-order valence-corrected chi connectivity index (χ0v) is 13.7. The highest BCUT2D eigenvalue weighted by Crippen LogP contribution is 2.15. The normalized spacial score (nSPS) is 12.8. The summed E-state index contributed by atoms with van der Waals surface area (Å²) in [6.45, 7) is 1.08. The smallest absolute Gasteiger partial charge is 0.346 e. The number of benzene rings is 1. The predicted octanol–water partition coefficient (Wildman–Crippen LogP) is 0.678. The Morgan fingerprint density at radius 3 is 2.54 bits per heavy atom. The number of nitrogens with one attached hydrogen (secondary N) is 1. The Morgan fingerprint density at radius 2 is 2.04 bits per heavy atom. The van der Waals surface area contributed by atoms with Gasteiger partial charge in [0.2, 0.25) is 16.1 Å². The average Bonchev–Trinajstić information content (AvgIpc) is 2.85. The average molecular weight is 357 g/mol. The molecule has 130 valence electrons. The zero-order chi connectivity index (χ0) is 17.9. The van der Waals surface area contributed by atoms with Gasteiger partial charge in [0.25, 0.3) is 0 Å². The summed E-state index contributed by atoms with van der Waals surface area (Å²) >= 11 is 0. The minimum atomic E-state index is -3.93. The molecule has 1 unspecified atom stereocenters. The van der Waals surface area contributed by atoms with E-state index >= 15 is 0 Å². The maximum absolute atomic E-state index is 12.8. The van der Waals surface area contributed by atoms with Gasteiger partial charge in [-0.05, 0) is 31.2 Å². The minimum Gasteiger partial charge on any atom is -0.478 e. The molecular weight excluding hydrogens is 341 g/mol. The molecule has 1 aromatic heterocycles. The monoisotopic (exact) mass is 357 g/mol. The fourth-order valence-electron chi connectivity index (χ4n) is 1.86. The van der Waals surface area contributed by atoms with Crippen LogP contribution in [-0.2, 0) is 21.9 Å². The van der Waals surface area contributed by atoms with E-state index in [1.165, 1.54) is 23.0 Å². The molecule has 0 spiro atoms. The fourth-order valence-corrected chi connectivity index (χ4v) is 3.10. The molecule has 10 heteroatoms. The van der Waals surface area contributed by atoms with Crippen LogP contribution < -0.4 is 9.46 Å². The maximum atomic E-state index is 12.8. The van der Waals surface area contributed by atoms with Crippen molar-refractivity contribution in [1.29, 1.82) is 0 Å². The molecule has 0 bridgehead atoms. The lowest BCUT2D eigenvalue weighted by atomic mass is 10.3. The van der Waals surface area contributed by atoms with E-state index in [9.17, 15) is 17.6 Å². The number of hydrogen-bond acceptors (Lipinski definition) is 5. The van der Waals surface area contributed by atoms with Crippen LogP contribution >= 0.6 is 0 Å². The summed E-state index contributed by atoms with van der Waals surface area (Å²) in [6, 6.07) is 4.73. The Morgan fingerprint density at radius 1 is 1.42 bits per heavy atom. The Kier molecular flexibility index (Phi) is 5.20. The van der Waals surface area contributed by atoms with Crippen molar-refractivity contribution in [3.05, 3.63) is 42.0 Å². The second-order valence-electron chi connectivity index (χ2n) is 4.97. The van der Waals surface area contributed by atoms with Gasteiger partial charge in [0.05, 0.1) is 18.4 Å². The highest BCUT2D eigenvalue weighted by Gasteiger charge is 2.25. The molecule has 0 saturated heterocycles. The van der Waals surface area contributed by atoms with Crippen molar-refractivity contribution < 1.29 is 27.4 Å². The number of aliphatic carboxylic acids is 1. The quantitative estimate of drug-likeness (QED) is 0.754. The van der Waals surface area contributed by atoms with Crippen LogP contribution in [-0.4, -0.2) is 41.9 Å². The van der Waals surface area contributed by atoms with Crippen LogP contribution in [0.2, 0.25) is 0 Å². The topological polar surface area (TPSA) is 111 Å². The molecule has 0 radical (unpaired) electrons. The third-order valence-corrected chi connectivity index (χ3v) is 4.83. The number of carboxylic acid groups (broad SMARTS) is 1. The largest absolute Gasteiger partial charge is 0.478 e. The first kappa shape index (κ1) is 17.9. The highest BCUT2D eigenvalue weighted by molar-refractivity contribution is 7.89.